The molecule has 0 aromatic rings. The summed E-state index contributed by atoms with van der Waals surface area (Å²) in [5.74, 6) is 0.155. The number of hydrogen-bond acceptors (Lipinski definition) is 2. The molecule has 0 aromatic carbocycles. The lowest BCUT2D eigenvalue weighted by atomic mass is 9.71. The molecule has 0 heterocycles. The minimum Gasteiger partial charge on any atom is -0.393 e. The van der Waals surface area contributed by atoms with E-state index < -0.39 is 0 Å². The fourth-order valence-electron chi connectivity index (χ4n) is 4.63. The van der Waals surface area contributed by atoms with Crippen LogP contribution in [0.5, 0.6) is 0 Å². The number of Topliss-reactive ketones (excluding diaryl/α,β-unsaturated/α-hetero) is 1. The van der Waals surface area contributed by atoms with Gasteiger partial charge in [0.25, 0.3) is 0 Å². The maximum absolute atomic E-state index is 12.1. The quantitative estimate of drug-likeness (QED) is 0.137. The molecule has 1 aliphatic carbocycles. The normalized spacial score (nSPS) is 19.9. The van der Waals surface area contributed by atoms with Crippen molar-refractivity contribution >= 4 is 5.78 Å². The minimum atomic E-state index is -0.230. The van der Waals surface area contributed by atoms with Crippen molar-refractivity contribution in [2.75, 3.05) is 0 Å². The summed E-state index contributed by atoms with van der Waals surface area (Å²) in [6.07, 6.45) is 34.8. The third-order valence-electron chi connectivity index (χ3n) is 7.10. The molecule has 1 aliphatic rings. The maximum atomic E-state index is 12.1. The van der Waals surface area contributed by atoms with Gasteiger partial charge in [-0.05, 0) is 84.8 Å². The molecule has 0 saturated carbocycles. The highest BCUT2D eigenvalue weighted by atomic mass is 16.3. The molecule has 2 heteroatoms. The summed E-state index contributed by atoms with van der Waals surface area (Å²) in [6.45, 7) is 20.8. The van der Waals surface area contributed by atoms with Crippen molar-refractivity contribution in [2.24, 2.45) is 5.41 Å². The van der Waals surface area contributed by atoms with Crippen molar-refractivity contribution in [3.05, 3.63) is 142 Å². The number of hydrogen-bond donors (Lipinski definition) is 1. The Morgan fingerprint density at radius 3 is 1.67 bits per heavy atom. The molecular weight excluding hydrogens is 512 g/mol. The molecule has 0 fully saturated rings. The average molecular weight is 567 g/mol. The SMILES string of the molecule is CC(C)=CCC(=O)C(C)=CC=CC(C)=CC=CC(C)=CC=CC=C(C)C=CC=C(C)C=CC1=C(C)CC(O)CC1(C)C. The van der Waals surface area contributed by atoms with Gasteiger partial charge in [-0.3, -0.25) is 4.79 Å². The predicted octanol–water partition coefficient (Wildman–Crippen LogP) is 10.9. The Morgan fingerprint density at radius 2 is 1.19 bits per heavy atom. The third kappa shape index (κ3) is 15.5. The highest BCUT2D eigenvalue weighted by Gasteiger charge is 2.31. The average Bonchev–Trinajstić information content (AvgIpc) is 2.88. The second-order valence-electron chi connectivity index (χ2n) is 12.3. The second-order valence-corrected chi connectivity index (χ2v) is 12.3. The topological polar surface area (TPSA) is 37.3 Å². The Morgan fingerprint density at radius 1 is 0.738 bits per heavy atom. The van der Waals surface area contributed by atoms with Gasteiger partial charge < -0.3 is 5.11 Å². The van der Waals surface area contributed by atoms with E-state index in [1.54, 1.807) is 0 Å². The maximum Gasteiger partial charge on any atom is 0.162 e. The van der Waals surface area contributed by atoms with Gasteiger partial charge in [0.2, 0.25) is 0 Å². The van der Waals surface area contributed by atoms with Gasteiger partial charge in [0, 0.05) is 6.42 Å². The molecule has 0 aliphatic heterocycles. The molecule has 2 nitrogen and oxygen atoms in total. The standard InChI is InChI=1S/C40H54O2/c1-30(2)24-27-39(42)35(7)23-15-22-33(5)20-13-18-31(3)16-11-12-17-32(4)19-14-21-34(6)25-26-38-36(8)28-37(41)29-40(38,9)10/h11-26,37,41H,27-29H2,1-10H3. The van der Waals surface area contributed by atoms with Crippen LogP contribution in [0.4, 0.5) is 0 Å². The molecule has 1 atom stereocenters. The van der Waals surface area contributed by atoms with Gasteiger partial charge in [-0.2, -0.15) is 0 Å². The first-order valence-electron chi connectivity index (χ1n) is 15.0. The lowest BCUT2D eigenvalue weighted by Crippen LogP contribution is -2.28. The number of aliphatic hydroxyl groups excluding tert-OH is 1. The Balaban J connectivity index is 2.63. The van der Waals surface area contributed by atoms with Gasteiger partial charge in [0.1, 0.15) is 0 Å². The molecule has 1 N–H and O–H groups in total. The highest BCUT2D eigenvalue weighted by molar-refractivity contribution is 5.96. The van der Waals surface area contributed by atoms with Crippen LogP contribution in [0.2, 0.25) is 0 Å². The summed E-state index contributed by atoms with van der Waals surface area (Å²) < 4.78 is 0. The van der Waals surface area contributed by atoms with Crippen LogP contribution < -0.4 is 0 Å². The predicted molar refractivity (Wildman–Crippen MR) is 185 cm³/mol. The van der Waals surface area contributed by atoms with E-state index in [9.17, 15) is 9.90 Å². The number of carbonyl (C=O) groups is 1. The summed E-state index contributed by atoms with van der Waals surface area (Å²) in [6, 6.07) is 0. The van der Waals surface area contributed by atoms with Gasteiger partial charge >= 0.3 is 0 Å². The summed E-state index contributed by atoms with van der Waals surface area (Å²) in [4.78, 5) is 12.1. The van der Waals surface area contributed by atoms with E-state index in [4.69, 9.17) is 0 Å². The lowest BCUT2D eigenvalue weighted by molar-refractivity contribution is -0.114. The molecular formula is C40H54O2. The van der Waals surface area contributed by atoms with Crippen molar-refractivity contribution in [2.45, 2.75) is 94.6 Å². The monoisotopic (exact) mass is 566 g/mol. The number of allylic oxidation sites excluding steroid dienone is 23. The zero-order chi connectivity index (χ0) is 31.7. The van der Waals surface area contributed by atoms with E-state index >= 15 is 0 Å². The first kappa shape index (κ1) is 36.5. The Hall–Kier alpha value is -3.49. The Labute approximate surface area is 257 Å². The molecule has 1 unspecified atom stereocenters. The van der Waals surface area contributed by atoms with E-state index in [0.29, 0.717) is 6.42 Å². The summed E-state index contributed by atoms with van der Waals surface area (Å²) >= 11 is 0. The van der Waals surface area contributed by atoms with Gasteiger partial charge in [-0.15, -0.1) is 0 Å². The van der Waals surface area contributed by atoms with E-state index in [0.717, 1.165) is 35.1 Å². The van der Waals surface area contributed by atoms with Gasteiger partial charge in [0.15, 0.2) is 5.78 Å². The number of rotatable bonds is 13. The second kappa shape index (κ2) is 18.8. The smallest absolute Gasteiger partial charge is 0.162 e. The molecule has 42 heavy (non-hydrogen) atoms. The fraction of sp³-hybridized carbons (Fsp3) is 0.375. The third-order valence-corrected chi connectivity index (χ3v) is 7.10. The zero-order valence-corrected chi connectivity index (χ0v) is 27.8. The Kier molecular flexibility index (Phi) is 16.4. The van der Waals surface area contributed by atoms with Crippen molar-refractivity contribution < 1.29 is 9.90 Å². The molecule has 0 saturated heterocycles. The van der Waals surface area contributed by atoms with Crippen LogP contribution in [0, 0.1) is 5.41 Å². The lowest BCUT2D eigenvalue weighted by Gasteiger charge is -2.35. The molecule has 0 amide bonds. The largest absolute Gasteiger partial charge is 0.393 e. The molecule has 0 spiro atoms. The van der Waals surface area contributed by atoms with Crippen LogP contribution in [0.25, 0.3) is 0 Å². The molecule has 0 bridgehead atoms. The van der Waals surface area contributed by atoms with Gasteiger partial charge in [0.05, 0.1) is 6.10 Å². The molecule has 226 valence electrons. The van der Waals surface area contributed by atoms with E-state index in [-0.39, 0.29) is 17.3 Å². The first-order valence-corrected chi connectivity index (χ1v) is 15.0. The first-order chi connectivity index (χ1) is 19.7. The van der Waals surface area contributed by atoms with Crippen molar-refractivity contribution in [3.63, 3.8) is 0 Å². The van der Waals surface area contributed by atoms with E-state index in [2.05, 4.69) is 108 Å². The van der Waals surface area contributed by atoms with Crippen molar-refractivity contribution in [1.29, 1.82) is 0 Å². The van der Waals surface area contributed by atoms with E-state index in [1.807, 2.05) is 58.1 Å². The highest BCUT2D eigenvalue weighted by Crippen LogP contribution is 2.41. The Bertz CT molecular complexity index is 1300. The van der Waals surface area contributed by atoms with E-state index in [1.165, 1.54) is 22.3 Å². The number of ketones is 1. The van der Waals surface area contributed by atoms with Crippen LogP contribution in [0.1, 0.15) is 88.5 Å². The van der Waals surface area contributed by atoms with Crippen LogP contribution in [-0.2, 0) is 4.79 Å². The summed E-state index contributed by atoms with van der Waals surface area (Å²) in [7, 11) is 0. The van der Waals surface area contributed by atoms with Crippen LogP contribution in [-0.4, -0.2) is 17.0 Å². The number of aliphatic hydroxyl groups is 1. The number of carbonyl (C=O) groups excluding carboxylic acids is 1. The zero-order valence-electron chi connectivity index (χ0n) is 27.8. The molecule has 0 aromatic heterocycles. The van der Waals surface area contributed by atoms with Crippen molar-refractivity contribution in [1.82, 2.24) is 0 Å². The van der Waals surface area contributed by atoms with Crippen LogP contribution in [0.15, 0.2) is 142 Å². The van der Waals surface area contributed by atoms with Crippen LogP contribution in [0.3, 0.4) is 0 Å². The summed E-state index contributed by atoms with van der Waals surface area (Å²) in [5, 5.41) is 10.1. The van der Waals surface area contributed by atoms with Gasteiger partial charge in [-0.25, -0.2) is 0 Å². The molecule has 1 rings (SSSR count). The van der Waals surface area contributed by atoms with Gasteiger partial charge in [-0.1, -0.05) is 145 Å². The van der Waals surface area contributed by atoms with Crippen LogP contribution >= 0.6 is 0 Å². The minimum absolute atomic E-state index is 0.00116. The van der Waals surface area contributed by atoms with Crippen molar-refractivity contribution in [3.8, 4) is 0 Å². The fourth-order valence-corrected chi connectivity index (χ4v) is 4.63. The molecule has 0 radical (unpaired) electrons. The summed E-state index contributed by atoms with van der Waals surface area (Å²) in [5.41, 5.74) is 9.20.